The zero-order valence-corrected chi connectivity index (χ0v) is 15.3. The van der Waals surface area contributed by atoms with Gasteiger partial charge < -0.3 is 4.98 Å². The van der Waals surface area contributed by atoms with Crippen LogP contribution in [0.2, 0.25) is 0 Å². The molecule has 1 aliphatic rings. The number of pyridine rings is 2. The van der Waals surface area contributed by atoms with E-state index >= 15 is 0 Å². The smallest absolute Gasteiger partial charge is 0.248 e. The Bertz CT molecular complexity index is 1010. The van der Waals surface area contributed by atoms with Gasteiger partial charge in [0.05, 0.1) is 10.9 Å². The second-order valence-electron chi connectivity index (χ2n) is 7.03. The van der Waals surface area contributed by atoms with E-state index in [2.05, 4.69) is 9.97 Å². The molecule has 0 saturated heterocycles. The third-order valence-electron chi connectivity index (χ3n) is 4.88. The maximum absolute atomic E-state index is 13.5. The number of hydrogen-bond acceptors (Lipinski definition) is 2. The van der Waals surface area contributed by atoms with Crippen molar-refractivity contribution in [2.75, 3.05) is 0 Å². The molecular weight excluding hydrogens is 372 g/mol. The molecule has 2 heterocycles. The lowest BCUT2D eigenvalue weighted by atomic mass is 9.84. The molecule has 7 heteroatoms. The van der Waals surface area contributed by atoms with Gasteiger partial charge in [-0.1, -0.05) is 12.1 Å². The number of H-pyrrole nitrogens is 1. The number of hydrogen-bond donors (Lipinski definition) is 1. The summed E-state index contributed by atoms with van der Waals surface area (Å²) in [5.41, 5.74) is 1.45. The van der Waals surface area contributed by atoms with Crippen molar-refractivity contribution in [1.82, 2.24) is 9.97 Å². The summed E-state index contributed by atoms with van der Waals surface area (Å²) in [6.45, 7) is 1.53. The van der Waals surface area contributed by atoms with E-state index in [0.29, 0.717) is 35.0 Å². The Kier molecular flexibility index (Phi) is 5.82. The monoisotopic (exact) mass is 392 g/mol. The molecule has 0 bridgehead atoms. The van der Waals surface area contributed by atoms with Crippen LogP contribution in [0.1, 0.15) is 42.9 Å². The number of benzene rings is 1. The first-order valence-electron chi connectivity index (χ1n) is 9.02. The Balaban J connectivity index is 0.000000211. The fourth-order valence-corrected chi connectivity index (χ4v) is 3.38. The highest BCUT2D eigenvalue weighted by atomic mass is 19.3. The molecule has 0 radical (unpaired) electrons. The van der Waals surface area contributed by atoms with Crippen LogP contribution in [0, 0.1) is 18.6 Å². The van der Waals surface area contributed by atoms with E-state index in [-0.39, 0.29) is 24.2 Å². The van der Waals surface area contributed by atoms with Gasteiger partial charge in [-0.3, -0.25) is 9.78 Å². The largest absolute Gasteiger partial charge is 0.358 e. The number of nitrogens with zero attached hydrogens (tertiary/aromatic N) is 1. The highest BCUT2D eigenvalue weighted by Gasteiger charge is 2.37. The average Bonchev–Trinajstić information content (AvgIpc) is 2.66. The Hall–Kier alpha value is -2.70. The van der Waals surface area contributed by atoms with E-state index in [0.717, 1.165) is 6.07 Å². The number of aryl methyl sites for hydroxylation is 1. The second kappa shape index (κ2) is 8.12. The minimum atomic E-state index is -2.62. The van der Waals surface area contributed by atoms with Crippen molar-refractivity contribution < 1.29 is 17.6 Å². The van der Waals surface area contributed by atoms with Crippen molar-refractivity contribution in [3.8, 4) is 0 Å². The molecular formula is C21H20F4N2O. The predicted octanol–water partition coefficient (Wildman–Crippen LogP) is 5.49. The number of aromatic nitrogens is 2. The van der Waals surface area contributed by atoms with E-state index in [1.807, 2.05) is 0 Å². The highest BCUT2D eigenvalue weighted by Crippen LogP contribution is 2.41. The van der Waals surface area contributed by atoms with Crippen LogP contribution >= 0.6 is 0 Å². The van der Waals surface area contributed by atoms with Crippen LogP contribution in [0.5, 0.6) is 0 Å². The Morgan fingerprint density at radius 3 is 2.68 bits per heavy atom. The maximum atomic E-state index is 13.5. The summed E-state index contributed by atoms with van der Waals surface area (Å²) in [4.78, 5) is 19.0. The first-order valence-corrected chi connectivity index (χ1v) is 9.02. The SMILES string of the molecule is Cc1cccc(F)c1F.O=c1cc([C@H]2CCCC(F)(F)C2)[nH]c2ccncc12. The molecule has 0 amide bonds. The topological polar surface area (TPSA) is 45.8 Å². The van der Waals surface area contributed by atoms with Crippen LogP contribution in [-0.2, 0) is 0 Å². The van der Waals surface area contributed by atoms with Crippen LogP contribution < -0.4 is 5.43 Å². The van der Waals surface area contributed by atoms with Crippen LogP contribution in [0.3, 0.4) is 0 Å². The van der Waals surface area contributed by atoms with Gasteiger partial charge >= 0.3 is 0 Å². The van der Waals surface area contributed by atoms with Gasteiger partial charge in [0.25, 0.3) is 0 Å². The molecule has 1 aromatic carbocycles. The second-order valence-corrected chi connectivity index (χ2v) is 7.03. The molecule has 28 heavy (non-hydrogen) atoms. The minimum Gasteiger partial charge on any atom is -0.358 e. The maximum Gasteiger partial charge on any atom is 0.248 e. The molecule has 3 aromatic rings. The quantitative estimate of drug-likeness (QED) is 0.557. The van der Waals surface area contributed by atoms with E-state index < -0.39 is 17.6 Å². The van der Waals surface area contributed by atoms with Crippen LogP contribution in [0.25, 0.3) is 10.9 Å². The fraction of sp³-hybridized carbons (Fsp3) is 0.333. The Morgan fingerprint density at radius 2 is 2.00 bits per heavy atom. The van der Waals surface area contributed by atoms with Gasteiger partial charge in [0, 0.05) is 42.9 Å². The van der Waals surface area contributed by atoms with E-state index in [4.69, 9.17) is 0 Å². The van der Waals surface area contributed by atoms with Crippen molar-refractivity contribution in [1.29, 1.82) is 0 Å². The first kappa shape index (κ1) is 20.0. The summed E-state index contributed by atoms with van der Waals surface area (Å²) in [5.74, 6) is -4.42. The number of nitrogens with one attached hydrogen (secondary N) is 1. The number of alkyl halides is 2. The molecule has 0 spiro atoms. The molecule has 0 aliphatic heterocycles. The summed E-state index contributed by atoms with van der Waals surface area (Å²) in [6, 6.07) is 7.24. The molecule has 4 rings (SSSR count). The molecule has 0 unspecified atom stereocenters. The third-order valence-corrected chi connectivity index (χ3v) is 4.88. The Labute approximate surface area is 159 Å². The van der Waals surface area contributed by atoms with Gasteiger partial charge in [0.1, 0.15) is 0 Å². The first-order chi connectivity index (χ1) is 13.3. The van der Waals surface area contributed by atoms with E-state index in [9.17, 15) is 22.4 Å². The molecule has 1 aliphatic carbocycles. The molecule has 148 valence electrons. The summed E-state index contributed by atoms with van der Waals surface area (Å²) >= 11 is 0. The van der Waals surface area contributed by atoms with Gasteiger partial charge in [0.2, 0.25) is 5.92 Å². The number of fused-ring (bicyclic) bond motifs is 1. The van der Waals surface area contributed by atoms with Crippen molar-refractivity contribution in [3.05, 3.63) is 75.8 Å². The fourth-order valence-electron chi connectivity index (χ4n) is 3.38. The van der Waals surface area contributed by atoms with Crippen molar-refractivity contribution >= 4 is 10.9 Å². The summed E-state index contributed by atoms with van der Waals surface area (Å²) in [7, 11) is 0. The molecule has 1 saturated carbocycles. The summed E-state index contributed by atoms with van der Waals surface area (Å²) < 4.78 is 51.5. The van der Waals surface area contributed by atoms with Gasteiger partial charge in [-0.2, -0.15) is 0 Å². The van der Waals surface area contributed by atoms with Gasteiger partial charge in [-0.25, -0.2) is 17.6 Å². The van der Waals surface area contributed by atoms with Crippen molar-refractivity contribution in [3.63, 3.8) is 0 Å². The lowest BCUT2D eigenvalue weighted by molar-refractivity contribution is -0.0412. The molecule has 1 atom stereocenters. The van der Waals surface area contributed by atoms with Gasteiger partial charge in [-0.05, 0) is 37.5 Å². The molecule has 1 fully saturated rings. The van der Waals surface area contributed by atoms with Gasteiger partial charge in [0.15, 0.2) is 17.1 Å². The standard InChI is InChI=1S/C14H14F2N2O.C7H6F2/c15-14(16)4-1-2-9(7-14)12-6-13(19)10-8-17-5-3-11(10)18-12;1-5-3-2-4-6(8)7(5)9/h3,5-6,8-9H,1-2,4,7H2,(H,18,19);2-4H,1H3/t9-;/m0./s1. The Morgan fingerprint density at radius 1 is 1.21 bits per heavy atom. The highest BCUT2D eigenvalue weighted by molar-refractivity contribution is 5.77. The lowest BCUT2D eigenvalue weighted by Crippen LogP contribution is -2.26. The van der Waals surface area contributed by atoms with Crippen molar-refractivity contribution in [2.24, 2.45) is 0 Å². The number of halogens is 4. The molecule has 1 N–H and O–H groups in total. The zero-order chi connectivity index (χ0) is 20.3. The summed E-state index contributed by atoms with van der Waals surface area (Å²) in [6.07, 6.45) is 4.03. The third kappa shape index (κ3) is 4.58. The molecule has 3 nitrogen and oxygen atoms in total. The normalized spacial score (nSPS) is 18.4. The van der Waals surface area contributed by atoms with Crippen LogP contribution in [0.15, 0.2) is 47.5 Å². The van der Waals surface area contributed by atoms with E-state index in [1.165, 1.54) is 31.3 Å². The number of aromatic amines is 1. The van der Waals surface area contributed by atoms with Crippen molar-refractivity contribution in [2.45, 2.75) is 44.4 Å². The van der Waals surface area contributed by atoms with Gasteiger partial charge in [-0.15, -0.1) is 0 Å². The number of rotatable bonds is 1. The van der Waals surface area contributed by atoms with Crippen LogP contribution in [-0.4, -0.2) is 15.9 Å². The zero-order valence-electron chi connectivity index (χ0n) is 15.3. The van der Waals surface area contributed by atoms with Crippen LogP contribution in [0.4, 0.5) is 17.6 Å². The van der Waals surface area contributed by atoms with E-state index in [1.54, 1.807) is 12.3 Å². The average molecular weight is 392 g/mol. The minimum absolute atomic E-state index is 0.0504. The summed E-state index contributed by atoms with van der Waals surface area (Å²) in [5, 5.41) is 0.494. The lowest BCUT2D eigenvalue weighted by Gasteiger charge is -2.28. The predicted molar refractivity (Wildman–Crippen MR) is 99.6 cm³/mol. The molecule has 2 aromatic heterocycles.